The van der Waals surface area contributed by atoms with Crippen LogP contribution in [0.5, 0.6) is 5.75 Å². The van der Waals surface area contributed by atoms with Gasteiger partial charge in [0.05, 0.1) is 24.9 Å². The third-order valence-electron chi connectivity index (χ3n) is 3.34. The first-order valence-electron chi connectivity index (χ1n) is 7.65. The Labute approximate surface area is 160 Å². The summed E-state index contributed by atoms with van der Waals surface area (Å²) in [7, 11) is -3.32. The van der Waals surface area contributed by atoms with E-state index in [1.54, 1.807) is 13.8 Å². The lowest BCUT2D eigenvalue weighted by molar-refractivity contribution is 0.262. The van der Waals surface area contributed by atoms with Crippen LogP contribution in [0.1, 0.15) is 31.9 Å². The lowest BCUT2D eigenvalue weighted by Gasteiger charge is -2.26. The maximum Gasteiger partial charge on any atom is 0.213 e. The second kappa shape index (κ2) is 9.42. The van der Waals surface area contributed by atoms with Crippen LogP contribution in [0.3, 0.4) is 0 Å². The van der Waals surface area contributed by atoms with E-state index in [1.807, 2.05) is 24.3 Å². The second-order valence-electron chi connectivity index (χ2n) is 5.73. The number of guanidine groups is 1. The monoisotopic (exact) mass is 468 g/mol. The number of ether oxygens (including phenoxy) is 1. The van der Waals surface area contributed by atoms with Crippen LogP contribution in [0, 0.1) is 0 Å². The first-order valence-corrected chi connectivity index (χ1v) is 9.31. The number of nitrogens with zero attached hydrogens (tertiary/aromatic N) is 1. The van der Waals surface area contributed by atoms with Crippen molar-refractivity contribution in [2.45, 2.75) is 32.4 Å². The van der Waals surface area contributed by atoms with Gasteiger partial charge >= 0.3 is 0 Å². The van der Waals surface area contributed by atoms with Gasteiger partial charge in [-0.05, 0) is 19.9 Å². The molecule has 1 unspecified atom stereocenters. The lowest BCUT2D eigenvalue weighted by atomic mass is 10.0. The Morgan fingerprint density at radius 3 is 2.83 bits per heavy atom. The van der Waals surface area contributed by atoms with E-state index in [9.17, 15) is 8.42 Å². The number of halogens is 1. The Balaban J connectivity index is 0.00000288. The molecule has 0 bridgehead atoms. The Kier molecular flexibility index (Phi) is 8.23. The Morgan fingerprint density at radius 1 is 1.42 bits per heavy atom. The van der Waals surface area contributed by atoms with Crippen LogP contribution in [0.15, 0.2) is 29.3 Å². The van der Waals surface area contributed by atoms with Gasteiger partial charge in [-0.25, -0.2) is 13.1 Å². The van der Waals surface area contributed by atoms with Gasteiger partial charge in [-0.2, -0.15) is 0 Å². The van der Waals surface area contributed by atoms with Gasteiger partial charge in [-0.1, -0.05) is 18.2 Å². The third-order valence-corrected chi connectivity index (χ3v) is 4.89. The first kappa shape index (κ1) is 21.0. The standard InChI is InChI=1S/C15H24N4O3S.HI/c1-11(2)19-23(20,21)10-8-17-15(16)18-13-7-9-22-14-6-4-3-5-12(13)14;/h3-6,11,13,19H,7-10H2,1-2H3,(H3,16,17,18);1H. The summed E-state index contributed by atoms with van der Waals surface area (Å²) in [5.74, 6) is 0.997. The number of sulfonamides is 1. The van der Waals surface area contributed by atoms with Crippen LogP contribution in [0.25, 0.3) is 0 Å². The summed E-state index contributed by atoms with van der Waals surface area (Å²) in [6.45, 7) is 4.28. The predicted octanol–water partition coefficient (Wildman–Crippen LogP) is 1.36. The molecule has 0 aliphatic carbocycles. The average Bonchev–Trinajstić information content (AvgIpc) is 2.46. The van der Waals surface area contributed by atoms with Crippen LogP contribution < -0.4 is 20.5 Å². The van der Waals surface area contributed by atoms with Gasteiger partial charge in [-0.15, -0.1) is 24.0 Å². The number of benzene rings is 1. The highest BCUT2D eigenvalue weighted by molar-refractivity contribution is 14.0. The summed E-state index contributed by atoms with van der Waals surface area (Å²) in [6, 6.07) is 7.66. The smallest absolute Gasteiger partial charge is 0.213 e. The summed E-state index contributed by atoms with van der Waals surface area (Å²) < 4.78 is 31.5. The number of nitrogens with two attached hydrogens (primary N) is 1. The zero-order valence-electron chi connectivity index (χ0n) is 13.9. The van der Waals surface area contributed by atoms with Crippen LogP contribution in [0.2, 0.25) is 0 Å². The molecule has 1 aliphatic heterocycles. The summed E-state index contributed by atoms with van der Waals surface area (Å²) in [4.78, 5) is 4.11. The number of hydrogen-bond donors (Lipinski definition) is 3. The number of rotatable bonds is 6. The zero-order chi connectivity index (χ0) is 16.9. The van der Waals surface area contributed by atoms with Crippen molar-refractivity contribution < 1.29 is 13.2 Å². The molecule has 0 aromatic heterocycles. The molecule has 1 aliphatic rings. The van der Waals surface area contributed by atoms with E-state index in [1.165, 1.54) is 0 Å². The van der Waals surface area contributed by atoms with Gasteiger partial charge in [0, 0.05) is 18.0 Å². The number of hydrogen-bond acceptors (Lipinski definition) is 4. The van der Waals surface area contributed by atoms with E-state index in [0.717, 1.165) is 17.7 Å². The quantitative estimate of drug-likeness (QED) is 0.332. The molecule has 136 valence electrons. The van der Waals surface area contributed by atoms with E-state index >= 15 is 0 Å². The lowest BCUT2D eigenvalue weighted by Crippen LogP contribution is -2.38. The maximum atomic E-state index is 11.7. The number of para-hydroxylation sites is 1. The molecule has 24 heavy (non-hydrogen) atoms. The summed E-state index contributed by atoms with van der Waals surface area (Å²) >= 11 is 0. The zero-order valence-corrected chi connectivity index (χ0v) is 17.0. The predicted molar refractivity (Wildman–Crippen MR) is 106 cm³/mol. The third kappa shape index (κ3) is 6.44. The van der Waals surface area contributed by atoms with Gasteiger partial charge in [0.1, 0.15) is 5.75 Å². The SMILES string of the molecule is CC(C)NS(=O)(=O)CCN=C(N)NC1CCOc2ccccc21.I. The van der Waals surface area contributed by atoms with E-state index in [2.05, 4.69) is 15.0 Å². The van der Waals surface area contributed by atoms with E-state index < -0.39 is 10.0 Å². The first-order chi connectivity index (χ1) is 10.9. The topological polar surface area (TPSA) is 106 Å². The van der Waals surface area contributed by atoms with Gasteiger partial charge in [0.15, 0.2) is 5.96 Å². The highest BCUT2D eigenvalue weighted by atomic mass is 127. The van der Waals surface area contributed by atoms with Gasteiger partial charge in [0.25, 0.3) is 0 Å². The molecule has 9 heteroatoms. The summed E-state index contributed by atoms with van der Waals surface area (Å²) in [5.41, 5.74) is 6.91. The summed E-state index contributed by atoms with van der Waals surface area (Å²) in [5, 5.41) is 3.13. The molecule has 0 radical (unpaired) electrons. The van der Waals surface area contributed by atoms with Crippen LogP contribution >= 0.6 is 24.0 Å². The largest absolute Gasteiger partial charge is 0.493 e. The molecule has 4 N–H and O–H groups in total. The maximum absolute atomic E-state index is 11.7. The van der Waals surface area contributed by atoms with Crippen molar-refractivity contribution in [2.75, 3.05) is 18.9 Å². The molecule has 1 aromatic rings. The van der Waals surface area contributed by atoms with Crippen LogP contribution in [-0.2, 0) is 10.0 Å². The Morgan fingerprint density at radius 2 is 2.12 bits per heavy atom. The molecule has 0 amide bonds. The Bertz CT molecular complexity index is 664. The van der Waals surface area contributed by atoms with Crippen molar-refractivity contribution in [1.82, 2.24) is 10.0 Å². The minimum atomic E-state index is -3.32. The van der Waals surface area contributed by atoms with Gasteiger partial charge < -0.3 is 15.8 Å². The highest BCUT2D eigenvalue weighted by Gasteiger charge is 2.21. The van der Waals surface area contributed by atoms with Gasteiger partial charge in [0.2, 0.25) is 10.0 Å². The van der Waals surface area contributed by atoms with Crippen molar-refractivity contribution in [3.05, 3.63) is 29.8 Å². The van der Waals surface area contributed by atoms with Gasteiger partial charge in [-0.3, -0.25) is 4.99 Å². The molecule has 0 fully saturated rings. The van der Waals surface area contributed by atoms with E-state index in [0.29, 0.717) is 6.61 Å². The molecular weight excluding hydrogens is 443 g/mol. The van der Waals surface area contributed by atoms with E-state index in [-0.39, 0.29) is 54.3 Å². The van der Waals surface area contributed by atoms with Crippen molar-refractivity contribution in [3.8, 4) is 5.75 Å². The van der Waals surface area contributed by atoms with Crippen molar-refractivity contribution >= 4 is 40.0 Å². The minimum absolute atomic E-state index is 0. The molecule has 1 heterocycles. The fourth-order valence-electron chi connectivity index (χ4n) is 2.42. The van der Waals surface area contributed by atoms with E-state index in [4.69, 9.17) is 10.5 Å². The fraction of sp³-hybridized carbons (Fsp3) is 0.533. The molecule has 0 saturated heterocycles. The molecule has 1 aromatic carbocycles. The van der Waals surface area contributed by atoms with Crippen molar-refractivity contribution in [1.29, 1.82) is 0 Å². The molecule has 2 rings (SSSR count). The molecular formula is C15H25IN4O3S. The molecule has 7 nitrogen and oxygen atoms in total. The minimum Gasteiger partial charge on any atom is -0.493 e. The highest BCUT2D eigenvalue weighted by Crippen LogP contribution is 2.31. The molecule has 1 atom stereocenters. The number of fused-ring (bicyclic) bond motifs is 1. The Hall–Kier alpha value is -1.07. The number of aliphatic imine (C=N–C) groups is 1. The molecule has 0 saturated carbocycles. The van der Waals surface area contributed by atoms with Crippen molar-refractivity contribution in [2.24, 2.45) is 10.7 Å². The number of nitrogens with one attached hydrogen (secondary N) is 2. The summed E-state index contributed by atoms with van der Waals surface area (Å²) in [6.07, 6.45) is 0.778. The normalized spacial score (nSPS) is 17.6. The van der Waals surface area contributed by atoms with Crippen LogP contribution in [-0.4, -0.2) is 39.3 Å². The van der Waals surface area contributed by atoms with Crippen LogP contribution in [0.4, 0.5) is 0 Å². The fourth-order valence-corrected chi connectivity index (χ4v) is 3.59. The molecule has 0 spiro atoms. The van der Waals surface area contributed by atoms with Crippen molar-refractivity contribution in [3.63, 3.8) is 0 Å². The second-order valence-corrected chi connectivity index (χ2v) is 7.60. The average molecular weight is 468 g/mol.